The molecule has 0 bridgehead atoms. The van der Waals surface area contributed by atoms with Crippen molar-refractivity contribution in [3.63, 3.8) is 0 Å². The van der Waals surface area contributed by atoms with Gasteiger partial charge in [0.15, 0.2) is 0 Å². The summed E-state index contributed by atoms with van der Waals surface area (Å²) < 4.78 is 23.2. The fourth-order valence-electron chi connectivity index (χ4n) is 1.38. The number of unbranched alkanes of at least 4 members (excludes halogenated alkanes) is 2. The Morgan fingerprint density at radius 2 is 1.76 bits per heavy atom. The molecule has 118 valence electrons. The molecule has 0 aliphatic rings. The van der Waals surface area contributed by atoms with Crippen molar-refractivity contribution in [2.45, 2.75) is 39.5 Å². The first-order chi connectivity index (χ1) is 10.2. The van der Waals surface area contributed by atoms with E-state index in [4.69, 9.17) is 9.05 Å². The average Bonchev–Trinajstić information content (AvgIpc) is 2.49. The molecule has 0 aliphatic heterocycles. The second kappa shape index (κ2) is 10.5. The third kappa shape index (κ3) is 7.95. The highest BCUT2D eigenvalue weighted by Gasteiger charge is 2.23. The number of aromatic nitrogens is 1. The van der Waals surface area contributed by atoms with Gasteiger partial charge in [-0.1, -0.05) is 26.7 Å². The maximum atomic E-state index is 12.5. The van der Waals surface area contributed by atoms with Gasteiger partial charge in [0.05, 0.1) is 19.4 Å². The maximum Gasteiger partial charge on any atom is 0.448 e. The maximum absolute atomic E-state index is 12.5. The zero-order valence-electron chi connectivity index (χ0n) is 12.7. The predicted octanol–water partition coefficient (Wildman–Crippen LogP) is 3.75. The molecule has 0 radical (unpaired) electrons. The summed E-state index contributed by atoms with van der Waals surface area (Å²) in [6, 6.07) is 3.60. The lowest BCUT2D eigenvalue weighted by atomic mass is 10.3. The summed E-state index contributed by atoms with van der Waals surface area (Å²) >= 11 is 0. The van der Waals surface area contributed by atoms with Gasteiger partial charge in [-0.15, -0.1) is 0 Å². The largest absolute Gasteiger partial charge is 0.448 e. The van der Waals surface area contributed by atoms with E-state index in [0.29, 0.717) is 13.2 Å². The van der Waals surface area contributed by atoms with Crippen molar-refractivity contribution >= 4 is 14.0 Å². The van der Waals surface area contributed by atoms with Gasteiger partial charge < -0.3 is 0 Å². The second-order valence-corrected chi connectivity index (χ2v) is 6.22. The van der Waals surface area contributed by atoms with E-state index in [-0.39, 0.29) is 0 Å². The van der Waals surface area contributed by atoms with Crippen LogP contribution in [0.2, 0.25) is 0 Å². The number of nitrogens with zero attached hydrogens (tertiary/aromatic N) is 2. The fraction of sp³-hybridized carbons (Fsp3) is 0.571. The molecule has 0 fully saturated rings. The van der Waals surface area contributed by atoms with E-state index < -0.39 is 7.75 Å². The zero-order valence-corrected chi connectivity index (χ0v) is 13.6. The normalized spacial score (nSPS) is 11.9. The van der Waals surface area contributed by atoms with E-state index in [0.717, 1.165) is 31.2 Å². The first-order valence-corrected chi connectivity index (χ1v) is 8.84. The van der Waals surface area contributed by atoms with Crippen LogP contribution in [-0.2, 0) is 13.6 Å². The summed E-state index contributed by atoms with van der Waals surface area (Å²) in [6.45, 7) is 4.86. The van der Waals surface area contributed by atoms with Gasteiger partial charge in [0.25, 0.3) is 0 Å². The summed E-state index contributed by atoms with van der Waals surface area (Å²) in [5.41, 5.74) is 0.853. The number of rotatable bonds is 11. The number of hydrogen-bond donors (Lipinski definition) is 1. The Hall–Kier alpha value is -1.23. The molecule has 1 heterocycles. The lowest BCUT2D eigenvalue weighted by Gasteiger charge is -2.17. The molecule has 21 heavy (non-hydrogen) atoms. The molecule has 0 amide bonds. The van der Waals surface area contributed by atoms with Gasteiger partial charge >= 0.3 is 7.75 Å². The van der Waals surface area contributed by atoms with Crippen LogP contribution in [-0.4, -0.2) is 24.4 Å². The molecular formula is C14H24N3O3P. The molecule has 1 rings (SSSR count). The van der Waals surface area contributed by atoms with Crippen LogP contribution in [0, 0.1) is 0 Å². The Labute approximate surface area is 126 Å². The highest BCUT2D eigenvalue weighted by atomic mass is 31.2. The minimum atomic E-state index is -3.38. The minimum Gasteiger partial charge on any atom is -0.291 e. The molecule has 6 nitrogen and oxygen atoms in total. The molecule has 0 saturated heterocycles. The van der Waals surface area contributed by atoms with Crippen LogP contribution < -0.4 is 5.20 Å². The molecule has 0 aromatic carbocycles. The Morgan fingerprint density at radius 3 is 2.29 bits per heavy atom. The average molecular weight is 313 g/mol. The van der Waals surface area contributed by atoms with Crippen LogP contribution in [0.1, 0.15) is 45.1 Å². The van der Waals surface area contributed by atoms with Crippen molar-refractivity contribution in [3.8, 4) is 0 Å². The van der Waals surface area contributed by atoms with Crippen molar-refractivity contribution in [2.75, 3.05) is 13.2 Å². The monoisotopic (exact) mass is 313 g/mol. The van der Waals surface area contributed by atoms with Gasteiger partial charge in [0.1, 0.15) is 0 Å². The fourth-order valence-corrected chi connectivity index (χ4v) is 2.50. The van der Waals surface area contributed by atoms with Crippen LogP contribution in [0.25, 0.3) is 0 Å². The summed E-state index contributed by atoms with van der Waals surface area (Å²) in [7, 11) is -3.38. The van der Waals surface area contributed by atoms with Gasteiger partial charge in [-0.2, -0.15) is 5.10 Å². The van der Waals surface area contributed by atoms with Gasteiger partial charge in [0, 0.05) is 12.4 Å². The Balaban J connectivity index is 2.54. The third-order valence-corrected chi connectivity index (χ3v) is 4.02. The summed E-state index contributed by atoms with van der Waals surface area (Å²) in [5.74, 6) is 0. The van der Waals surface area contributed by atoms with E-state index in [9.17, 15) is 4.57 Å². The zero-order chi connectivity index (χ0) is 15.4. The molecule has 7 heteroatoms. The quantitative estimate of drug-likeness (QED) is 0.291. The van der Waals surface area contributed by atoms with Crippen molar-refractivity contribution in [2.24, 2.45) is 5.10 Å². The molecule has 1 aromatic rings. The minimum absolute atomic E-state index is 0.387. The van der Waals surface area contributed by atoms with E-state index in [1.165, 1.54) is 0 Å². The molecule has 0 saturated carbocycles. The molecule has 1 aromatic heterocycles. The lowest BCUT2D eigenvalue weighted by molar-refractivity contribution is 0.192. The topological polar surface area (TPSA) is 72.8 Å². The summed E-state index contributed by atoms with van der Waals surface area (Å²) in [5, 5.41) is 6.48. The Bertz CT molecular complexity index is 440. The van der Waals surface area contributed by atoms with Gasteiger partial charge in [-0.05, 0) is 30.5 Å². The molecule has 0 aliphatic carbocycles. The van der Waals surface area contributed by atoms with Crippen LogP contribution in [0.3, 0.4) is 0 Å². The molecular weight excluding hydrogens is 289 g/mol. The van der Waals surface area contributed by atoms with Crippen molar-refractivity contribution in [1.82, 2.24) is 10.2 Å². The van der Waals surface area contributed by atoms with E-state index in [2.05, 4.69) is 15.3 Å². The number of pyridine rings is 1. The van der Waals surface area contributed by atoms with Crippen LogP contribution >= 0.6 is 7.75 Å². The number of nitrogens with one attached hydrogen (secondary N) is 1. The van der Waals surface area contributed by atoms with Crippen molar-refractivity contribution < 1.29 is 13.6 Å². The van der Waals surface area contributed by atoms with Crippen LogP contribution in [0.4, 0.5) is 0 Å². The van der Waals surface area contributed by atoms with Crippen LogP contribution in [0.5, 0.6) is 0 Å². The first-order valence-electron chi connectivity index (χ1n) is 7.29. The number of hydrogen-bond acceptors (Lipinski definition) is 5. The van der Waals surface area contributed by atoms with Gasteiger partial charge in [0.2, 0.25) is 0 Å². The standard InChI is InChI=1S/C14H24N3O3P/c1-3-5-11-19-21(18,20-12-6-4-2)17-16-13-14-7-9-15-10-8-14/h7-10,13H,3-6,11-12H2,1-2H3,(H,17,18)/b16-13+. The van der Waals surface area contributed by atoms with E-state index in [1.54, 1.807) is 30.7 Å². The summed E-state index contributed by atoms with van der Waals surface area (Å²) in [6.07, 6.45) is 8.48. The van der Waals surface area contributed by atoms with E-state index >= 15 is 0 Å². The van der Waals surface area contributed by atoms with Gasteiger partial charge in [-0.25, -0.2) is 9.76 Å². The third-order valence-electron chi connectivity index (χ3n) is 2.62. The van der Waals surface area contributed by atoms with Crippen molar-refractivity contribution in [3.05, 3.63) is 30.1 Å². The number of hydrazone groups is 1. The molecule has 1 N–H and O–H groups in total. The Morgan fingerprint density at radius 1 is 1.19 bits per heavy atom. The highest BCUT2D eigenvalue weighted by molar-refractivity contribution is 7.51. The smallest absolute Gasteiger partial charge is 0.291 e. The SMILES string of the molecule is CCCCOP(=O)(N/N=C/c1ccncc1)OCCCC. The molecule has 0 unspecified atom stereocenters. The Kier molecular flexibility index (Phi) is 8.90. The molecule has 0 spiro atoms. The van der Waals surface area contributed by atoms with Crippen molar-refractivity contribution in [1.29, 1.82) is 0 Å². The predicted molar refractivity (Wildman–Crippen MR) is 84.3 cm³/mol. The first kappa shape index (κ1) is 17.8. The second-order valence-electron chi connectivity index (χ2n) is 4.51. The molecule has 0 atom stereocenters. The lowest BCUT2D eigenvalue weighted by Crippen LogP contribution is -2.11. The van der Waals surface area contributed by atoms with Crippen LogP contribution in [0.15, 0.2) is 29.6 Å². The summed E-state index contributed by atoms with van der Waals surface area (Å²) in [4.78, 5) is 3.92. The highest BCUT2D eigenvalue weighted by Crippen LogP contribution is 2.43. The van der Waals surface area contributed by atoms with Gasteiger partial charge in [-0.3, -0.25) is 14.0 Å². The van der Waals surface area contributed by atoms with E-state index in [1.807, 2.05) is 13.8 Å².